The number of amides is 2. The summed E-state index contributed by atoms with van der Waals surface area (Å²) in [6.07, 6.45) is -0.441. The summed E-state index contributed by atoms with van der Waals surface area (Å²) in [5.41, 5.74) is -0.453. The Bertz CT molecular complexity index is 575. The van der Waals surface area contributed by atoms with Gasteiger partial charge in [0.15, 0.2) is 0 Å². The van der Waals surface area contributed by atoms with Gasteiger partial charge in [-0.2, -0.15) is 0 Å². The van der Waals surface area contributed by atoms with E-state index in [1.54, 1.807) is 32.9 Å². The number of carbonyl (C=O) groups is 2. The van der Waals surface area contributed by atoms with E-state index in [0.717, 1.165) is 0 Å². The second-order valence-corrected chi connectivity index (χ2v) is 7.02. The van der Waals surface area contributed by atoms with Crippen LogP contribution < -0.4 is 5.32 Å². The summed E-state index contributed by atoms with van der Waals surface area (Å²) in [6.45, 7) is 5.89. The first kappa shape index (κ1) is 16.7. The molecule has 0 aromatic heterocycles. The van der Waals surface area contributed by atoms with Gasteiger partial charge >= 0.3 is 6.09 Å². The molecule has 0 radical (unpaired) electrons. The number of halogens is 2. The fraction of sp³-hybridized carbons (Fsp3) is 0.467. The van der Waals surface area contributed by atoms with Gasteiger partial charge in [-0.25, -0.2) is 9.18 Å². The van der Waals surface area contributed by atoms with Crippen molar-refractivity contribution in [3.05, 3.63) is 28.5 Å². The van der Waals surface area contributed by atoms with Crippen molar-refractivity contribution in [2.45, 2.75) is 26.4 Å². The highest BCUT2D eigenvalue weighted by Crippen LogP contribution is 2.27. The Labute approximate surface area is 136 Å². The predicted molar refractivity (Wildman–Crippen MR) is 84.0 cm³/mol. The van der Waals surface area contributed by atoms with E-state index in [-0.39, 0.29) is 30.6 Å². The largest absolute Gasteiger partial charge is 0.444 e. The third kappa shape index (κ3) is 3.97. The Balaban J connectivity index is 1.88. The lowest BCUT2D eigenvalue weighted by molar-refractivity contribution is -0.124. The number of benzene rings is 1. The number of anilines is 1. The van der Waals surface area contributed by atoms with E-state index in [4.69, 9.17) is 4.74 Å². The molecule has 2 rings (SSSR count). The van der Waals surface area contributed by atoms with Gasteiger partial charge in [-0.05, 0) is 48.8 Å². The number of nitrogens with zero attached hydrogens (tertiary/aromatic N) is 1. The van der Waals surface area contributed by atoms with Crippen LogP contribution in [0.3, 0.4) is 0 Å². The summed E-state index contributed by atoms with van der Waals surface area (Å²) in [5, 5.41) is 2.55. The molecule has 5 nitrogen and oxygen atoms in total. The third-order valence-corrected chi connectivity index (χ3v) is 3.78. The molecule has 22 heavy (non-hydrogen) atoms. The smallest absolute Gasteiger partial charge is 0.410 e. The fourth-order valence-electron chi connectivity index (χ4n) is 1.96. The molecule has 120 valence electrons. The number of likely N-dealkylation sites (tertiary alicyclic amines) is 1. The van der Waals surface area contributed by atoms with Crippen LogP contribution in [0.4, 0.5) is 14.9 Å². The highest BCUT2D eigenvalue weighted by atomic mass is 79.9. The quantitative estimate of drug-likeness (QED) is 0.865. The molecule has 1 N–H and O–H groups in total. The lowest BCUT2D eigenvalue weighted by atomic mass is 10.00. The number of ether oxygens (including phenoxy) is 1. The van der Waals surface area contributed by atoms with Crippen molar-refractivity contribution in [3.63, 3.8) is 0 Å². The normalized spacial score (nSPS) is 15.2. The molecule has 0 spiro atoms. The number of hydrogen-bond donors (Lipinski definition) is 1. The Morgan fingerprint density at radius 1 is 1.36 bits per heavy atom. The molecule has 1 aromatic carbocycles. The van der Waals surface area contributed by atoms with Gasteiger partial charge in [-0.3, -0.25) is 4.79 Å². The van der Waals surface area contributed by atoms with Crippen LogP contribution in [0.15, 0.2) is 22.7 Å². The van der Waals surface area contributed by atoms with E-state index >= 15 is 0 Å². The molecule has 0 saturated carbocycles. The Kier molecular flexibility index (Phi) is 4.75. The second kappa shape index (κ2) is 6.24. The minimum Gasteiger partial charge on any atom is -0.444 e. The molecule has 7 heteroatoms. The summed E-state index contributed by atoms with van der Waals surface area (Å²) < 4.78 is 19.3. The van der Waals surface area contributed by atoms with Crippen LogP contribution in [0.5, 0.6) is 0 Å². The van der Waals surface area contributed by atoms with Crippen LogP contribution in [-0.4, -0.2) is 35.6 Å². The van der Waals surface area contributed by atoms with Crippen LogP contribution >= 0.6 is 15.9 Å². The maximum atomic E-state index is 13.7. The molecule has 1 saturated heterocycles. The van der Waals surface area contributed by atoms with Gasteiger partial charge < -0.3 is 15.0 Å². The van der Waals surface area contributed by atoms with Crippen molar-refractivity contribution in [2.75, 3.05) is 18.4 Å². The molecular weight excluding hydrogens is 355 g/mol. The fourth-order valence-corrected chi connectivity index (χ4v) is 2.40. The zero-order chi connectivity index (χ0) is 16.5. The first-order valence-corrected chi connectivity index (χ1v) is 7.69. The van der Waals surface area contributed by atoms with E-state index in [1.807, 2.05) is 0 Å². The Morgan fingerprint density at radius 2 is 2.00 bits per heavy atom. The second-order valence-electron chi connectivity index (χ2n) is 6.17. The van der Waals surface area contributed by atoms with Gasteiger partial charge in [-0.15, -0.1) is 0 Å². The van der Waals surface area contributed by atoms with Crippen molar-refractivity contribution >= 4 is 33.6 Å². The first-order chi connectivity index (χ1) is 10.2. The molecule has 1 aliphatic rings. The van der Waals surface area contributed by atoms with Crippen LogP contribution in [0.2, 0.25) is 0 Å². The van der Waals surface area contributed by atoms with Crippen molar-refractivity contribution in [2.24, 2.45) is 5.92 Å². The molecule has 1 fully saturated rings. The molecule has 1 aliphatic heterocycles. The minimum atomic E-state index is -0.567. The van der Waals surface area contributed by atoms with Gasteiger partial charge in [0.25, 0.3) is 0 Å². The average molecular weight is 373 g/mol. The van der Waals surface area contributed by atoms with E-state index < -0.39 is 17.5 Å². The summed E-state index contributed by atoms with van der Waals surface area (Å²) in [6, 6.07) is 4.46. The van der Waals surface area contributed by atoms with Crippen LogP contribution in [0, 0.1) is 11.7 Å². The third-order valence-electron chi connectivity index (χ3n) is 3.11. The molecule has 2 amide bonds. The molecule has 0 aliphatic carbocycles. The first-order valence-electron chi connectivity index (χ1n) is 6.90. The average Bonchev–Trinajstić information content (AvgIpc) is 2.29. The summed E-state index contributed by atoms with van der Waals surface area (Å²) in [4.78, 5) is 25.3. The maximum Gasteiger partial charge on any atom is 0.410 e. The van der Waals surface area contributed by atoms with Crippen molar-refractivity contribution in [1.29, 1.82) is 0 Å². The number of para-hydroxylation sites is 1. The molecular formula is C15H18BrFN2O3. The predicted octanol–water partition coefficient (Wildman–Crippen LogP) is 3.39. The number of carbonyl (C=O) groups excluding carboxylic acids is 2. The molecule has 1 heterocycles. The van der Waals surface area contributed by atoms with Crippen LogP contribution in [0.25, 0.3) is 0 Å². The number of hydrogen-bond acceptors (Lipinski definition) is 3. The van der Waals surface area contributed by atoms with Gasteiger partial charge in [0.05, 0.1) is 11.6 Å². The summed E-state index contributed by atoms with van der Waals surface area (Å²) in [7, 11) is 0. The summed E-state index contributed by atoms with van der Waals surface area (Å²) >= 11 is 3.19. The van der Waals surface area contributed by atoms with Gasteiger partial charge in [0.1, 0.15) is 11.4 Å². The standard InChI is InChI=1S/C15H18BrFN2O3/c1-15(2,3)22-14(21)19-7-9(8-19)13(20)18-12-10(16)5-4-6-11(12)17/h4-6,9H,7-8H2,1-3H3,(H,18,20). The highest BCUT2D eigenvalue weighted by Gasteiger charge is 2.38. The SMILES string of the molecule is CC(C)(C)OC(=O)N1CC(C(=O)Nc2c(F)cccc2Br)C1. The molecule has 0 bridgehead atoms. The van der Waals surface area contributed by atoms with E-state index in [1.165, 1.54) is 11.0 Å². The number of rotatable bonds is 2. The van der Waals surface area contributed by atoms with E-state index in [0.29, 0.717) is 4.47 Å². The number of nitrogens with one attached hydrogen (secondary N) is 1. The van der Waals surface area contributed by atoms with Gasteiger partial charge in [0.2, 0.25) is 5.91 Å². The highest BCUT2D eigenvalue weighted by molar-refractivity contribution is 9.10. The molecule has 0 unspecified atom stereocenters. The zero-order valence-corrected chi connectivity index (χ0v) is 14.2. The van der Waals surface area contributed by atoms with Gasteiger partial charge in [-0.1, -0.05) is 6.07 Å². The van der Waals surface area contributed by atoms with Crippen LogP contribution in [0.1, 0.15) is 20.8 Å². The lowest BCUT2D eigenvalue weighted by Crippen LogP contribution is -2.55. The van der Waals surface area contributed by atoms with Crippen molar-refractivity contribution in [3.8, 4) is 0 Å². The van der Waals surface area contributed by atoms with Crippen molar-refractivity contribution in [1.82, 2.24) is 4.90 Å². The zero-order valence-electron chi connectivity index (χ0n) is 12.7. The lowest BCUT2D eigenvalue weighted by Gasteiger charge is -2.38. The Morgan fingerprint density at radius 3 is 2.55 bits per heavy atom. The summed E-state index contributed by atoms with van der Waals surface area (Å²) in [5.74, 6) is -1.18. The monoisotopic (exact) mass is 372 g/mol. The van der Waals surface area contributed by atoms with E-state index in [2.05, 4.69) is 21.2 Å². The Hall–Kier alpha value is -1.63. The molecule has 1 aromatic rings. The van der Waals surface area contributed by atoms with Gasteiger partial charge in [0, 0.05) is 17.6 Å². The van der Waals surface area contributed by atoms with Crippen molar-refractivity contribution < 1.29 is 18.7 Å². The molecule has 0 atom stereocenters. The minimum absolute atomic E-state index is 0.114. The maximum absolute atomic E-state index is 13.7. The van der Waals surface area contributed by atoms with Crippen LogP contribution in [-0.2, 0) is 9.53 Å². The van der Waals surface area contributed by atoms with E-state index in [9.17, 15) is 14.0 Å². The topological polar surface area (TPSA) is 58.6 Å².